The van der Waals surface area contributed by atoms with Gasteiger partial charge in [0.15, 0.2) is 5.78 Å². The third kappa shape index (κ3) is 3.44. The lowest BCUT2D eigenvalue weighted by molar-refractivity contribution is -0.122. The minimum absolute atomic E-state index is 0.223. The number of hydrogen-bond acceptors (Lipinski definition) is 2. The number of ketones is 1. The van der Waals surface area contributed by atoms with Gasteiger partial charge in [0.25, 0.3) is 0 Å². The summed E-state index contributed by atoms with van der Waals surface area (Å²) in [5.74, 6) is 1.03. The monoisotopic (exact) mass is 223 g/mol. The zero-order valence-corrected chi connectivity index (χ0v) is 11.0. The van der Waals surface area contributed by atoms with Gasteiger partial charge in [0.1, 0.15) is 0 Å². The molecule has 1 heterocycles. The first kappa shape index (κ1) is 13.4. The fraction of sp³-hybridized carbons (Fsp3) is 0.786. The highest BCUT2D eigenvalue weighted by Crippen LogP contribution is 2.26. The molecule has 2 heteroatoms. The summed E-state index contributed by atoms with van der Waals surface area (Å²) in [6.45, 7) is 10.4. The van der Waals surface area contributed by atoms with Crippen LogP contribution in [0.3, 0.4) is 0 Å². The van der Waals surface area contributed by atoms with Crippen molar-refractivity contribution >= 4 is 5.78 Å². The SMILES string of the molecule is C=C(CCCC)C(=O)C1CCN(C)CC1C. The number of Topliss-reactive ketones (excluding diaryl/α,β-unsaturated/α-hetero) is 1. The van der Waals surface area contributed by atoms with E-state index in [4.69, 9.17) is 0 Å². The molecule has 0 amide bonds. The molecule has 2 atom stereocenters. The molecule has 0 N–H and O–H groups in total. The first-order valence-electron chi connectivity index (χ1n) is 6.46. The maximum absolute atomic E-state index is 12.2. The van der Waals surface area contributed by atoms with E-state index in [1.807, 2.05) is 0 Å². The zero-order valence-electron chi connectivity index (χ0n) is 11.0. The minimum atomic E-state index is 0.223. The summed E-state index contributed by atoms with van der Waals surface area (Å²) in [5.41, 5.74) is 0.850. The third-order valence-corrected chi connectivity index (χ3v) is 3.63. The van der Waals surface area contributed by atoms with Gasteiger partial charge >= 0.3 is 0 Å². The molecule has 0 aromatic rings. The number of nitrogens with zero attached hydrogens (tertiary/aromatic N) is 1. The van der Waals surface area contributed by atoms with E-state index in [-0.39, 0.29) is 5.92 Å². The van der Waals surface area contributed by atoms with E-state index >= 15 is 0 Å². The van der Waals surface area contributed by atoms with E-state index in [1.165, 1.54) is 0 Å². The molecule has 2 nitrogen and oxygen atoms in total. The van der Waals surface area contributed by atoms with Gasteiger partial charge in [-0.3, -0.25) is 4.79 Å². The van der Waals surface area contributed by atoms with Crippen LogP contribution in [0.2, 0.25) is 0 Å². The molecule has 1 rings (SSSR count). The number of hydrogen-bond donors (Lipinski definition) is 0. The maximum atomic E-state index is 12.2. The van der Waals surface area contributed by atoms with Crippen molar-refractivity contribution < 1.29 is 4.79 Å². The lowest BCUT2D eigenvalue weighted by atomic mass is 9.81. The standard InChI is InChI=1S/C14H25NO/c1-5-6-7-11(2)14(16)13-8-9-15(4)10-12(13)3/h12-13H,2,5-10H2,1,3-4H3. The molecule has 92 valence electrons. The molecule has 2 unspecified atom stereocenters. The van der Waals surface area contributed by atoms with Crippen molar-refractivity contribution in [2.45, 2.75) is 39.5 Å². The Morgan fingerprint density at radius 3 is 2.75 bits per heavy atom. The predicted molar refractivity (Wildman–Crippen MR) is 68.4 cm³/mol. The molecule has 0 bridgehead atoms. The summed E-state index contributed by atoms with van der Waals surface area (Å²) in [6, 6.07) is 0. The number of unbranched alkanes of at least 4 members (excludes halogenated alkanes) is 1. The predicted octanol–water partition coefficient (Wildman–Crippen LogP) is 2.89. The summed E-state index contributed by atoms with van der Waals surface area (Å²) in [7, 11) is 2.13. The van der Waals surface area contributed by atoms with E-state index in [1.54, 1.807) is 0 Å². The molecule has 0 radical (unpaired) electrons. The molecule has 0 aromatic carbocycles. The van der Waals surface area contributed by atoms with Crippen LogP contribution in [-0.2, 0) is 4.79 Å². The number of carbonyl (C=O) groups is 1. The van der Waals surface area contributed by atoms with Crippen molar-refractivity contribution in [3.63, 3.8) is 0 Å². The lowest BCUT2D eigenvalue weighted by Crippen LogP contribution is -2.40. The Morgan fingerprint density at radius 2 is 2.19 bits per heavy atom. The Hall–Kier alpha value is -0.630. The highest BCUT2D eigenvalue weighted by atomic mass is 16.1. The van der Waals surface area contributed by atoms with Gasteiger partial charge in [-0.25, -0.2) is 0 Å². The Kier molecular flexibility index (Phi) is 5.20. The molecule has 1 aliphatic heterocycles. The number of likely N-dealkylation sites (tertiary alicyclic amines) is 1. The molecule has 1 saturated heterocycles. The van der Waals surface area contributed by atoms with Crippen LogP contribution in [0.1, 0.15) is 39.5 Å². The number of allylic oxidation sites excluding steroid dienone is 1. The normalized spacial score (nSPS) is 26.7. The number of carbonyl (C=O) groups excluding carboxylic acids is 1. The highest BCUT2D eigenvalue weighted by molar-refractivity contribution is 5.96. The zero-order chi connectivity index (χ0) is 12.1. The van der Waals surface area contributed by atoms with E-state index in [0.29, 0.717) is 11.7 Å². The summed E-state index contributed by atoms with van der Waals surface area (Å²) in [4.78, 5) is 14.5. The van der Waals surface area contributed by atoms with Crippen molar-refractivity contribution in [2.24, 2.45) is 11.8 Å². The van der Waals surface area contributed by atoms with Crippen LogP contribution in [0.15, 0.2) is 12.2 Å². The molecule has 0 spiro atoms. The molecule has 1 aliphatic rings. The molecular weight excluding hydrogens is 198 g/mol. The lowest BCUT2D eigenvalue weighted by Gasteiger charge is -2.34. The van der Waals surface area contributed by atoms with Gasteiger partial charge in [0.2, 0.25) is 0 Å². The van der Waals surface area contributed by atoms with Crippen LogP contribution in [-0.4, -0.2) is 30.8 Å². The third-order valence-electron chi connectivity index (χ3n) is 3.63. The summed E-state index contributed by atoms with van der Waals surface area (Å²) < 4.78 is 0. The Bertz CT molecular complexity index is 259. The van der Waals surface area contributed by atoms with Crippen molar-refractivity contribution in [3.8, 4) is 0 Å². The Morgan fingerprint density at radius 1 is 1.50 bits per heavy atom. The van der Waals surface area contributed by atoms with Crippen LogP contribution in [0.4, 0.5) is 0 Å². The van der Waals surface area contributed by atoms with Crippen LogP contribution in [0.25, 0.3) is 0 Å². The summed E-state index contributed by atoms with van der Waals surface area (Å²) in [5, 5.41) is 0. The van der Waals surface area contributed by atoms with Crippen molar-refractivity contribution in [2.75, 3.05) is 20.1 Å². The number of piperidine rings is 1. The average molecular weight is 223 g/mol. The van der Waals surface area contributed by atoms with Crippen LogP contribution >= 0.6 is 0 Å². The quantitative estimate of drug-likeness (QED) is 0.668. The van der Waals surface area contributed by atoms with E-state index in [0.717, 1.165) is 44.3 Å². The van der Waals surface area contributed by atoms with E-state index in [2.05, 4.69) is 32.4 Å². The van der Waals surface area contributed by atoms with Crippen molar-refractivity contribution in [1.29, 1.82) is 0 Å². The Balaban J connectivity index is 2.50. The van der Waals surface area contributed by atoms with E-state index in [9.17, 15) is 4.79 Å². The van der Waals surface area contributed by atoms with Gasteiger partial charge in [-0.05, 0) is 44.3 Å². The van der Waals surface area contributed by atoms with Crippen LogP contribution < -0.4 is 0 Å². The van der Waals surface area contributed by atoms with Gasteiger partial charge in [-0.1, -0.05) is 26.8 Å². The fourth-order valence-electron chi connectivity index (χ4n) is 2.52. The molecule has 0 saturated carbocycles. The summed E-state index contributed by atoms with van der Waals surface area (Å²) in [6.07, 6.45) is 4.11. The molecule has 0 aromatic heterocycles. The Labute approximate surface area is 99.7 Å². The molecular formula is C14H25NO. The van der Waals surface area contributed by atoms with Gasteiger partial charge in [-0.15, -0.1) is 0 Å². The second-order valence-electron chi connectivity index (χ2n) is 5.21. The first-order valence-corrected chi connectivity index (χ1v) is 6.46. The summed E-state index contributed by atoms with van der Waals surface area (Å²) >= 11 is 0. The van der Waals surface area contributed by atoms with Crippen LogP contribution in [0, 0.1) is 11.8 Å². The van der Waals surface area contributed by atoms with Gasteiger partial charge in [-0.2, -0.15) is 0 Å². The molecule has 16 heavy (non-hydrogen) atoms. The average Bonchev–Trinajstić information content (AvgIpc) is 2.25. The first-order chi connectivity index (χ1) is 7.56. The van der Waals surface area contributed by atoms with Crippen LogP contribution in [0.5, 0.6) is 0 Å². The van der Waals surface area contributed by atoms with Gasteiger partial charge in [0.05, 0.1) is 0 Å². The van der Waals surface area contributed by atoms with Gasteiger partial charge < -0.3 is 4.90 Å². The van der Waals surface area contributed by atoms with Crippen molar-refractivity contribution in [1.82, 2.24) is 4.90 Å². The minimum Gasteiger partial charge on any atom is -0.306 e. The number of rotatable bonds is 5. The van der Waals surface area contributed by atoms with Gasteiger partial charge in [0, 0.05) is 12.5 Å². The second-order valence-corrected chi connectivity index (χ2v) is 5.21. The maximum Gasteiger partial charge on any atom is 0.161 e. The molecule has 0 aliphatic carbocycles. The second kappa shape index (κ2) is 6.19. The van der Waals surface area contributed by atoms with Crippen molar-refractivity contribution in [3.05, 3.63) is 12.2 Å². The largest absolute Gasteiger partial charge is 0.306 e. The smallest absolute Gasteiger partial charge is 0.161 e. The molecule has 1 fully saturated rings. The topological polar surface area (TPSA) is 20.3 Å². The van der Waals surface area contributed by atoms with E-state index < -0.39 is 0 Å². The highest BCUT2D eigenvalue weighted by Gasteiger charge is 2.30. The fourth-order valence-corrected chi connectivity index (χ4v) is 2.52.